The van der Waals surface area contributed by atoms with Crippen LogP contribution in [0.3, 0.4) is 0 Å². The predicted molar refractivity (Wildman–Crippen MR) is 56.7 cm³/mol. The van der Waals surface area contributed by atoms with Crippen molar-refractivity contribution in [2.75, 3.05) is 0 Å². The van der Waals surface area contributed by atoms with Crippen LogP contribution in [0, 0.1) is 5.41 Å². The van der Waals surface area contributed by atoms with Gasteiger partial charge in [-0.3, -0.25) is 11.3 Å². The molecule has 0 saturated heterocycles. The molecule has 4 heteroatoms. The summed E-state index contributed by atoms with van der Waals surface area (Å²) < 4.78 is 0. The fraction of sp³-hybridized carbons (Fsp3) is 0.556. The van der Waals surface area contributed by atoms with E-state index >= 15 is 0 Å². The molecule has 1 aromatic rings. The standard InChI is InChI=1S/C9H13ClN2S/c1-9(3-4-9)8(12-11)7-6(10)2-5-13-7/h2,5,8,12H,3-4,11H2,1H3. The third kappa shape index (κ3) is 1.62. The Kier molecular flexibility index (Phi) is 2.36. The molecule has 1 aliphatic rings. The number of rotatable bonds is 3. The summed E-state index contributed by atoms with van der Waals surface area (Å²) in [6.07, 6.45) is 2.46. The number of hydrogen-bond acceptors (Lipinski definition) is 3. The van der Waals surface area contributed by atoms with Crippen molar-refractivity contribution < 1.29 is 0 Å². The molecular formula is C9H13ClN2S. The van der Waals surface area contributed by atoms with Crippen LogP contribution < -0.4 is 11.3 Å². The largest absolute Gasteiger partial charge is 0.271 e. The smallest absolute Gasteiger partial charge is 0.0621 e. The number of hydrogen-bond donors (Lipinski definition) is 2. The van der Waals surface area contributed by atoms with Gasteiger partial charge in [-0.05, 0) is 29.7 Å². The van der Waals surface area contributed by atoms with E-state index in [4.69, 9.17) is 17.4 Å². The number of halogens is 1. The minimum absolute atomic E-state index is 0.222. The predicted octanol–water partition coefficient (Wildman–Crippen LogP) is 2.71. The lowest BCUT2D eigenvalue weighted by Crippen LogP contribution is -2.33. The second kappa shape index (κ2) is 3.24. The van der Waals surface area contributed by atoms with Gasteiger partial charge in [-0.15, -0.1) is 11.3 Å². The summed E-state index contributed by atoms with van der Waals surface area (Å²) in [4.78, 5) is 1.17. The Hall–Kier alpha value is -0.0900. The summed E-state index contributed by atoms with van der Waals surface area (Å²) in [6, 6.07) is 2.15. The molecule has 0 aromatic carbocycles. The summed E-state index contributed by atoms with van der Waals surface area (Å²) in [5.41, 5.74) is 3.20. The molecule has 1 heterocycles. The molecule has 3 N–H and O–H groups in total. The summed E-state index contributed by atoms with van der Waals surface area (Å²) in [5, 5.41) is 2.84. The first-order valence-corrected chi connectivity index (χ1v) is 5.62. The Morgan fingerprint density at radius 3 is 2.77 bits per heavy atom. The first-order chi connectivity index (χ1) is 6.17. The molecule has 1 unspecified atom stereocenters. The van der Waals surface area contributed by atoms with Gasteiger partial charge in [-0.2, -0.15) is 0 Å². The average molecular weight is 217 g/mol. The monoisotopic (exact) mass is 216 g/mol. The van der Waals surface area contributed by atoms with Crippen molar-refractivity contribution in [2.24, 2.45) is 11.3 Å². The van der Waals surface area contributed by atoms with Crippen LogP contribution in [-0.4, -0.2) is 0 Å². The van der Waals surface area contributed by atoms with E-state index in [9.17, 15) is 0 Å². The van der Waals surface area contributed by atoms with Gasteiger partial charge in [0.05, 0.1) is 11.1 Å². The Bertz CT molecular complexity index is 306. The minimum Gasteiger partial charge on any atom is -0.271 e. The summed E-state index contributed by atoms with van der Waals surface area (Å²) in [6.45, 7) is 2.24. The van der Waals surface area contributed by atoms with Gasteiger partial charge in [0.25, 0.3) is 0 Å². The first kappa shape index (κ1) is 9.46. The van der Waals surface area contributed by atoms with Gasteiger partial charge < -0.3 is 0 Å². The molecule has 0 radical (unpaired) electrons. The van der Waals surface area contributed by atoms with Crippen molar-refractivity contribution in [2.45, 2.75) is 25.8 Å². The maximum Gasteiger partial charge on any atom is 0.0621 e. The van der Waals surface area contributed by atoms with Crippen LogP contribution in [0.5, 0.6) is 0 Å². The van der Waals surface area contributed by atoms with E-state index in [0.29, 0.717) is 5.41 Å². The summed E-state index contributed by atoms with van der Waals surface area (Å²) >= 11 is 7.74. The molecular weight excluding hydrogens is 204 g/mol. The molecule has 1 atom stereocenters. The maximum absolute atomic E-state index is 6.06. The van der Waals surface area contributed by atoms with E-state index in [1.54, 1.807) is 11.3 Å². The number of nitrogens with two attached hydrogens (primary N) is 1. The van der Waals surface area contributed by atoms with Crippen LogP contribution in [0.2, 0.25) is 5.02 Å². The second-order valence-corrected chi connectivity index (χ2v) is 5.24. The molecule has 0 amide bonds. The molecule has 0 spiro atoms. The van der Waals surface area contributed by atoms with Crippen molar-refractivity contribution in [3.05, 3.63) is 21.3 Å². The van der Waals surface area contributed by atoms with Gasteiger partial charge in [0.2, 0.25) is 0 Å². The second-order valence-electron chi connectivity index (χ2n) is 3.89. The third-order valence-electron chi connectivity index (χ3n) is 2.81. The van der Waals surface area contributed by atoms with Crippen molar-refractivity contribution in [3.8, 4) is 0 Å². The Balaban J connectivity index is 2.27. The van der Waals surface area contributed by atoms with Crippen LogP contribution in [0.25, 0.3) is 0 Å². The molecule has 1 aromatic heterocycles. The van der Waals surface area contributed by atoms with Crippen molar-refractivity contribution in [1.29, 1.82) is 0 Å². The SMILES string of the molecule is CC1(C(NN)c2sccc2Cl)CC1. The summed E-state index contributed by atoms with van der Waals surface area (Å²) in [5.74, 6) is 5.56. The highest BCUT2D eigenvalue weighted by atomic mass is 35.5. The molecule has 72 valence electrons. The average Bonchev–Trinajstić information content (AvgIpc) is 2.69. The van der Waals surface area contributed by atoms with Crippen LogP contribution in [-0.2, 0) is 0 Å². The topological polar surface area (TPSA) is 38.0 Å². The quantitative estimate of drug-likeness (QED) is 0.602. The van der Waals surface area contributed by atoms with Crippen LogP contribution in [0.15, 0.2) is 11.4 Å². The molecule has 13 heavy (non-hydrogen) atoms. The fourth-order valence-electron chi connectivity index (χ4n) is 1.59. The normalized spacial score (nSPS) is 21.5. The highest BCUT2D eigenvalue weighted by molar-refractivity contribution is 7.10. The van der Waals surface area contributed by atoms with E-state index in [0.717, 1.165) is 5.02 Å². The van der Waals surface area contributed by atoms with E-state index in [1.807, 2.05) is 11.4 Å². The van der Waals surface area contributed by atoms with E-state index < -0.39 is 0 Å². The number of thiophene rings is 1. The van der Waals surface area contributed by atoms with Gasteiger partial charge in [-0.1, -0.05) is 18.5 Å². The zero-order chi connectivity index (χ0) is 9.47. The van der Waals surface area contributed by atoms with Gasteiger partial charge in [0, 0.05) is 4.88 Å². The van der Waals surface area contributed by atoms with Crippen molar-refractivity contribution in [1.82, 2.24) is 5.43 Å². The zero-order valence-electron chi connectivity index (χ0n) is 7.51. The van der Waals surface area contributed by atoms with Crippen LogP contribution in [0.1, 0.15) is 30.7 Å². The highest BCUT2D eigenvalue weighted by Gasteiger charge is 2.46. The van der Waals surface area contributed by atoms with E-state index in [2.05, 4.69) is 12.3 Å². The Morgan fingerprint density at radius 2 is 2.38 bits per heavy atom. The van der Waals surface area contributed by atoms with Crippen LogP contribution >= 0.6 is 22.9 Å². The van der Waals surface area contributed by atoms with Crippen LogP contribution in [0.4, 0.5) is 0 Å². The van der Waals surface area contributed by atoms with E-state index in [1.165, 1.54) is 17.7 Å². The lowest BCUT2D eigenvalue weighted by atomic mass is 9.98. The van der Waals surface area contributed by atoms with Gasteiger partial charge in [0.1, 0.15) is 0 Å². The van der Waals surface area contributed by atoms with Gasteiger partial charge in [0.15, 0.2) is 0 Å². The van der Waals surface area contributed by atoms with Crippen molar-refractivity contribution >= 4 is 22.9 Å². The lowest BCUT2D eigenvalue weighted by Gasteiger charge is -2.21. The maximum atomic E-state index is 6.06. The molecule has 0 aliphatic heterocycles. The molecule has 1 aliphatic carbocycles. The molecule has 0 bridgehead atoms. The third-order valence-corrected chi connectivity index (χ3v) is 4.23. The van der Waals surface area contributed by atoms with Crippen molar-refractivity contribution in [3.63, 3.8) is 0 Å². The van der Waals surface area contributed by atoms with Gasteiger partial charge in [-0.25, -0.2) is 0 Å². The Morgan fingerprint density at radius 1 is 1.69 bits per heavy atom. The molecule has 1 fully saturated rings. The highest BCUT2D eigenvalue weighted by Crippen LogP contribution is 2.55. The van der Waals surface area contributed by atoms with E-state index in [-0.39, 0.29) is 6.04 Å². The molecule has 1 saturated carbocycles. The number of nitrogens with one attached hydrogen (secondary N) is 1. The zero-order valence-corrected chi connectivity index (χ0v) is 9.08. The Labute approximate surface area is 87.1 Å². The fourth-order valence-corrected chi connectivity index (χ4v) is 2.99. The summed E-state index contributed by atoms with van der Waals surface area (Å²) in [7, 11) is 0. The first-order valence-electron chi connectivity index (χ1n) is 4.36. The van der Waals surface area contributed by atoms with Gasteiger partial charge >= 0.3 is 0 Å². The lowest BCUT2D eigenvalue weighted by molar-refractivity contribution is 0.378. The molecule has 2 rings (SSSR count). The number of hydrazine groups is 1. The minimum atomic E-state index is 0.222. The molecule has 2 nitrogen and oxygen atoms in total.